The Hall–Kier alpha value is -2.68. The summed E-state index contributed by atoms with van der Waals surface area (Å²) in [6.07, 6.45) is 2.54. The van der Waals surface area contributed by atoms with Crippen LogP contribution in [0.2, 0.25) is 25.7 Å². The quantitative estimate of drug-likeness (QED) is 0.293. The van der Waals surface area contributed by atoms with Crippen LogP contribution in [-0.4, -0.2) is 48.0 Å². The van der Waals surface area contributed by atoms with Crippen LogP contribution in [0.3, 0.4) is 0 Å². The van der Waals surface area contributed by atoms with E-state index in [0.29, 0.717) is 24.3 Å². The van der Waals surface area contributed by atoms with Crippen molar-refractivity contribution in [3.8, 4) is 0 Å². The number of likely N-dealkylation sites (tertiary alicyclic amines) is 1. The molecular formula is C28H37N3O4Si. The van der Waals surface area contributed by atoms with Crippen LogP contribution in [0.5, 0.6) is 0 Å². The Morgan fingerprint density at radius 2 is 1.72 bits per heavy atom. The zero-order valence-corrected chi connectivity index (χ0v) is 22.9. The fourth-order valence-electron chi connectivity index (χ4n) is 5.22. The minimum atomic E-state index is -1.19. The maximum Gasteiger partial charge on any atom is 0.421 e. The first-order chi connectivity index (χ1) is 17.2. The van der Waals surface area contributed by atoms with E-state index in [1.165, 1.54) is 23.0 Å². The largest absolute Gasteiger partial charge is 0.421 e. The van der Waals surface area contributed by atoms with Crippen LogP contribution in [0.25, 0.3) is 11.1 Å². The predicted molar refractivity (Wildman–Crippen MR) is 144 cm³/mol. The van der Waals surface area contributed by atoms with Gasteiger partial charge in [-0.15, -0.1) is 0 Å². The molecule has 2 aromatic carbocycles. The van der Waals surface area contributed by atoms with E-state index in [9.17, 15) is 9.59 Å². The fourth-order valence-corrected chi connectivity index (χ4v) is 5.98. The minimum Gasteiger partial charge on any atom is -0.408 e. The van der Waals surface area contributed by atoms with Gasteiger partial charge in [-0.3, -0.25) is 9.69 Å². The molecular weight excluding hydrogens is 470 g/mol. The number of aromatic nitrogens is 1. The van der Waals surface area contributed by atoms with Crippen molar-refractivity contribution in [2.24, 2.45) is 0 Å². The van der Waals surface area contributed by atoms with Crippen LogP contribution in [0, 0.1) is 0 Å². The van der Waals surface area contributed by atoms with Gasteiger partial charge in [0.15, 0.2) is 5.58 Å². The van der Waals surface area contributed by atoms with E-state index >= 15 is 0 Å². The van der Waals surface area contributed by atoms with E-state index in [0.717, 1.165) is 42.4 Å². The molecule has 0 saturated carbocycles. The van der Waals surface area contributed by atoms with E-state index in [1.54, 1.807) is 0 Å². The Balaban J connectivity index is 1.28. The zero-order chi connectivity index (χ0) is 25.4. The third-order valence-corrected chi connectivity index (χ3v) is 9.14. The molecule has 3 aromatic rings. The Kier molecular flexibility index (Phi) is 6.94. The van der Waals surface area contributed by atoms with E-state index in [-0.39, 0.29) is 18.7 Å². The summed E-state index contributed by atoms with van der Waals surface area (Å²) in [5.41, 5.74) is 5.35. The highest BCUT2D eigenvalue weighted by molar-refractivity contribution is 6.76. The van der Waals surface area contributed by atoms with Crippen molar-refractivity contribution < 1.29 is 13.9 Å². The van der Waals surface area contributed by atoms with Gasteiger partial charge in [0, 0.05) is 33.3 Å². The molecule has 1 unspecified atom stereocenters. The topological polar surface area (TPSA) is 67.9 Å². The Morgan fingerprint density at radius 3 is 2.47 bits per heavy atom. The molecule has 5 rings (SSSR count). The molecule has 2 aliphatic rings. The standard InChI is InChI=1S/C28H37N3O4Si/c1-20-24-15-21(17-29-11-5-6-12-29)7-9-23(24)27(32)30(20)18-22-8-10-25-26(16-22)35-28(33)31(25)19-34-13-14-36(2,3)4/h7-10,15-16,20H,5-6,11-14,17-19H2,1-4H3. The molecule has 1 aromatic heterocycles. The second kappa shape index (κ2) is 9.99. The number of benzene rings is 2. The van der Waals surface area contributed by atoms with E-state index in [2.05, 4.69) is 43.6 Å². The number of carbonyl (C=O) groups is 1. The number of fused-ring (bicyclic) bond motifs is 2. The zero-order valence-electron chi connectivity index (χ0n) is 21.9. The molecule has 192 valence electrons. The van der Waals surface area contributed by atoms with E-state index in [4.69, 9.17) is 9.15 Å². The van der Waals surface area contributed by atoms with E-state index in [1.807, 2.05) is 29.2 Å². The lowest BCUT2D eigenvalue weighted by Gasteiger charge is -2.22. The molecule has 0 bridgehead atoms. The summed E-state index contributed by atoms with van der Waals surface area (Å²) in [6.45, 7) is 13.5. The molecule has 7 nitrogen and oxygen atoms in total. The molecule has 36 heavy (non-hydrogen) atoms. The Bertz CT molecular complexity index is 1320. The van der Waals surface area contributed by atoms with Gasteiger partial charge in [0.1, 0.15) is 6.73 Å². The van der Waals surface area contributed by atoms with Crippen LogP contribution < -0.4 is 5.76 Å². The van der Waals surface area contributed by atoms with Gasteiger partial charge in [0.05, 0.1) is 11.6 Å². The van der Waals surface area contributed by atoms with Crippen LogP contribution in [0.4, 0.5) is 0 Å². The van der Waals surface area contributed by atoms with Gasteiger partial charge in [-0.25, -0.2) is 9.36 Å². The molecule has 3 heterocycles. The second-order valence-corrected chi connectivity index (χ2v) is 17.1. The smallest absolute Gasteiger partial charge is 0.408 e. The highest BCUT2D eigenvalue weighted by atomic mass is 28.3. The summed E-state index contributed by atoms with van der Waals surface area (Å²) in [7, 11) is -1.19. The number of hydrogen-bond donors (Lipinski definition) is 0. The molecule has 0 radical (unpaired) electrons. The lowest BCUT2D eigenvalue weighted by Crippen LogP contribution is -2.26. The number of hydrogen-bond acceptors (Lipinski definition) is 5. The maximum absolute atomic E-state index is 13.2. The lowest BCUT2D eigenvalue weighted by molar-refractivity contribution is 0.0723. The maximum atomic E-state index is 13.2. The summed E-state index contributed by atoms with van der Waals surface area (Å²) in [4.78, 5) is 30.1. The van der Waals surface area contributed by atoms with Crippen molar-refractivity contribution in [1.82, 2.24) is 14.4 Å². The number of rotatable bonds is 9. The average molecular weight is 508 g/mol. The van der Waals surface area contributed by atoms with Gasteiger partial charge < -0.3 is 14.1 Å². The molecule has 1 atom stereocenters. The third-order valence-electron chi connectivity index (χ3n) is 7.43. The Labute approximate surface area is 213 Å². The number of oxazole rings is 1. The fraction of sp³-hybridized carbons (Fsp3) is 0.500. The van der Waals surface area contributed by atoms with Crippen LogP contribution in [-0.2, 0) is 24.6 Å². The molecule has 1 fully saturated rings. The van der Waals surface area contributed by atoms with Crippen molar-refractivity contribution in [1.29, 1.82) is 0 Å². The highest BCUT2D eigenvalue weighted by Crippen LogP contribution is 2.35. The molecule has 8 heteroatoms. The van der Waals surface area contributed by atoms with Crippen LogP contribution >= 0.6 is 0 Å². The molecule has 1 amide bonds. The molecule has 0 aliphatic carbocycles. The van der Waals surface area contributed by atoms with E-state index < -0.39 is 13.8 Å². The van der Waals surface area contributed by atoms with Crippen molar-refractivity contribution in [3.05, 3.63) is 69.2 Å². The number of amides is 1. The number of ether oxygens (including phenoxy) is 1. The van der Waals surface area contributed by atoms with Crippen molar-refractivity contribution >= 4 is 25.1 Å². The van der Waals surface area contributed by atoms with Crippen molar-refractivity contribution in [2.45, 2.75) is 71.3 Å². The lowest BCUT2D eigenvalue weighted by atomic mass is 10.0. The average Bonchev–Trinajstić information content (AvgIpc) is 3.50. The third kappa shape index (κ3) is 5.21. The second-order valence-electron chi connectivity index (χ2n) is 11.5. The first-order valence-electron chi connectivity index (χ1n) is 13.1. The van der Waals surface area contributed by atoms with Crippen molar-refractivity contribution in [2.75, 3.05) is 19.7 Å². The Morgan fingerprint density at radius 1 is 1.00 bits per heavy atom. The molecule has 0 N–H and O–H groups in total. The predicted octanol–water partition coefficient (Wildman–Crippen LogP) is 5.22. The SMILES string of the molecule is CC1c2cc(CN3CCCC3)ccc2C(=O)N1Cc1ccc2c(c1)oc(=O)n2COCC[Si](C)(C)C. The summed E-state index contributed by atoms with van der Waals surface area (Å²) in [6, 6.07) is 13.1. The highest BCUT2D eigenvalue weighted by Gasteiger charge is 2.34. The monoisotopic (exact) mass is 507 g/mol. The van der Waals surface area contributed by atoms with Gasteiger partial charge >= 0.3 is 5.76 Å². The minimum absolute atomic E-state index is 0.00176. The number of nitrogens with zero attached hydrogens (tertiary/aromatic N) is 3. The summed E-state index contributed by atoms with van der Waals surface area (Å²) < 4.78 is 12.8. The first-order valence-corrected chi connectivity index (χ1v) is 16.8. The summed E-state index contributed by atoms with van der Waals surface area (Å²) in [5.74, 6) is -0.362. The van der Waals surface area contributed by atoms with Gasteiger partial charge in [0.2, 0.25) is 0 Å². The molecule has 1 saturated heterocycles. The molecule has 0 spiro atoms. The van der Waals surface area contributed by atoms with Gasteiger partial charge in [-0.05, 0) is 73.8 Å². The van der Waals surface area contributed by atoms with Gasteiger partial charge in [-0.2, -0.15) is 0 Å². The summed E-state index contributed by atoms with van der Waals surface area (Å²) in [5, 5.41) is 0. The van der Waals surface area contributed by atoms with Gasteiger partial charge in [0.25, 0.3) is 5.91 Å². The summed E-state index contributed by atoms with van der Waals surface area (Å²) >= 11 is 0. The normalized spacial score (nSPS) is 18.5. The molecule has 2 aliphatic heterocycles. The van der Waals surface area contributed by atoms with Crippen molar-refractivity contribution in [3.63, 3.8) is 0 Å². The van der Waals surface area contributed by atoms with Crippen LogP contribution in [0.15, 0.2) is 45.6 Å². The number of carbonyl (C=O) groups excluding carboxylic acids is 1. The van der Waals surface area contributed by atoms with Gasteiger partial charge in [-0.1, -0.05) is 37.8 Å². The first kappa shape index (κ1) is 25.0. The van der Waals surface area contributed by atoms with Crippen LogP contribution in [0.1, 0.15) is 52.9 Å².